The van der Waals surface area contributed by atoms with Gasteiger partial charge in [0.25, 0.3) is 5.91 Å². The molecule has 1 amide bonds. The van der Waals surface area contributed by atoms with E-state index in [2.05, 4.69) is 10.6 Å². The maximum absolute atomic E-state index is 13.2. The molecule has 0 aromatic heterocycles. The second-order valence-electron chi connectivity index (χ2n) is 6.83. The lowest BCUT2D eigenvalue weighted by Gasteiger charge is -2.12. The Hall–Kier alpha value is -3.38. The molecule has 3 aromatic rings. The Morgan fingerprint density at radius 1 is 0.968 bits per heavy atom. The summed E-state index contributed by atoms with van der Waals surface area (Å²) in [7, 11) is 1.46. The summed E-state index contributed by atoms with van der Waals surface area (Å²) in [6.45, 7) is 2.50. The minimum Gasteiger partial charge on any atom is -0.496 e. The Morgan fingerprint density at radius 2 is 1.68 bits per heavy atom. The summed E-state index contributed by atoms with van der Waals surface area (Å²) in [4.78, 5) is 25.5. The molecule has 2 N–H and O–H groups in total. The molecule has 7 heteroatoms. The van der Waals surface area contributed by atoms with Crippen LogP contribution in [0, 0.1) is 5.82 Å². The maximum Gasteiger partial charge on any atom is 0.251 e. The molecule has 0 atom stereocenters. The van der Waals surface area contributed by atoms with E-state index in [0.717, 1.165) is 6.42 Å². The number of hydrogen-bond acceptors (Lipinski definition) is 4. The molecule has 0 radical (unpaired) electrons. The van der Waals surface area contributed by atoms with E-state index in [0.29, 0.717) is 29.2 Å². The minimum absolute atomic E-state index is 0.236. The predicted molar refractivity (Wildman–Crippen MR) is 120 cm³/mol. The van der Waals surface area contributed by atoms with Crippen LogP contribution in [0.3, 0.4) is 0 Å². The van der Waals surface area contributed by atoms with Crippen molar-refractivity contribution in [3.63, 3.8) is 0 Å². The van der Waals surface area contributed by atoms with Crippen molar-refractivity contribution < 1.29 is 18.7 Å². The summed E-state index contributed by atoms with van der Waals surface area (Å²) in [6.07, 6.45) is 0.807. The van der Waals surface area contributed by atoms with Crippen LogP contribution >= 0.6 is 11.6 Å². The van der Waals surface area contributed by atoms with Gasteiger partial charge in [0.15, 0.2) is 5.78 Å². The number of carbonyl (C=O) groups is 2. The number of hydrogen-bond donors (Lipinski definition) is 2. The van der Waals surface area contributed by atoms with Crippen LogP contribution in [0.15, 0.2) is 60.7 Å². The summed E-state index contributed by atoms with van der Waals surface area (Å²) in [6, 6.07) is 15.5. The number of halogens is 2. The quantitative estimate of drug-likeness (QED) is 0.447. The highest BCUT2D eigenvalue weighted by molar-refractivity contribution is 6.35. The Labute approximate surface area is 185 Å². The third-order valence-corrected chi connectivity index (χ3v) is 4.90. The van der Waals surface area contributed by atoms with Gasteiger partial charge in [0.1, 0.15) is 11.6 Å². The van der Waals surface area contributed by atoms with Crippen LogP contribution in [0.5, 0.6) is 5.75 Å². The maximum atomic E-state index is 13.2. The lowest BCUT2D eigenvalue weighted by Crippen LogP contribution is -2.24. The lowest BCUT2D eigenvalue weighted by molar-refractivity contribution is 0.0953. The Morgan fingerprint density at radius 3 is 2.32 bits per heavy atom. The minimum atomic E-state index is -0.361. The monoisotopic (exact) mass is 440 g/mol. The van der Waals surface area contributed by atoms with Crippen molar-refractivity contribution in [1.82, 2.24) is 5.32 Å². The summed E-state index contributed by atoms with van der Waals surface area (Å²) in [5.74, 6) is -0.602. The second-order valence-corrected chi connectivity index (χ2v) is 7.23. The molecule has 160 valence electrons. The van der Waals surface area contributed by atoms with E-state index in [1.165, 1.54) is 25.3 Å². The van der Waals surface area contributed by atoms with Crippen molar-refractivity contribution in [2.45, 2.75) is 13.3 Å². The Kier molecular flexibility index (Phi) is 7.26. The molecule has 0 bridgehead atoms. The highest BCUT2D eigenvalue weighted by atomic mass is 35.5. The number of carbonyl (C=O) groups excluding carboxylic acids is 2. The van der Waals surface area contributed by atoms with Crippen LogP contribution in [-0.2, 0) is 0 Å². The molecule has 0 spiro atoms. The largest absolute Gasteiger partial charge is 0.496 e. The molecule has 0 saturated heterocycles. The van der Waals surface area contributed by atoms with Crippen molar-refractivity contribution in [1.29, 1.82) is 0 Å². The van der Waals surface area contributed by atoms with Crippen LogP contribution in [0.1, 0.15) is 39.6 Å². The Bertz CT molecular complexity index is 1100. The van der Waals surface area contributed by atoms with Gasteiger partial charge in [-0.25, -0.2) is 4.39 Å². The van der Waals surface area contributed by atoms with Crippen molar-refractivity contribution in [2.24, 2.45) is 0 Å². The molecule has 5 nitrogen and oxygen atoms in total. The number of nitrogens with one attached hydrogen (secondary N) is 2. The van der Waals surface area contributed by atoms with Crippen molar-refractivity contribution in [3.05, 3.63) is 88.2 Å². The first-order valence-electron chi connectivity index (χ1n) is 9.76. The van der Waals surface area contributed by atoms with Gasteiger partial charge in [-0.15, -0.1) is 0 Å². The standard InChI is InChI=1S/C24H22ClFN2O3/c1-3-12-27-24(30)15-4-11-22(31-2)20(13-15)23(29)19-10-9-18(14-21(19)25)28-17-7-5-16(26)6-8-17/h4-11,13-14,28H,3,12H2,1-2H3,(H,27,30). The number of amides is 1. The normalized spacial score (nSPS) is 10.5. The van der Waals surface area contributed by atoms with E-state index in [1.54, 1.807) is 42.5 Å². The van der Waals surface area contributed by atoms with Crippen LogP contribution in [0.25, 0.3) is 0 Å². The SMILES string of the molecule is CCCNC(=O)c1ccc(OC)c(C(=O)c2ccc(Nc3ccc(F)cc3)cc2Cl)c1. The molecule has 0 unspecified atom stereocenters. The van der Waals surface area contributed by atoms with Gasteiger partial charge in [0, 0.05) is 29.0 Å². The summed E-state index contributed by atoms with van der Waals surface area (Å²) >= 11 is 6.39. The molecule has 3 rings (SSSR count). The van der Waals surface area contributed by atoms with Gasteiger partial charge in [-0.3, -0.25) is 9.59 Å². The van der Waals surface area contributed by atoms with Gasteiger partial charge in [-0.2, -0.15) is 0 Å². The number of ether oxygens (including phenoxy) is 1. The molecule has 0 aliphatic carbocycles. The molecule has 0 aliphatic heterocycles. The number of benzene rings is 3. The first-order chi connectivity index (χ1) is 14.9. The third-order valence-electron chi connectivity index (χ3n) is 4.59. The number of rotatable bonds is 8. The van der Waals surface area contributed by atoms with Gasteiger partial charge in [0.05, 0.1) is 17.7 Å². The summed E-state index contributed by atoms with van der Waals surface area (Å²) in [5, 5.41) is 6.13. The molecule has 0 aliphatic rings. The zero-order chi connectivity index (χ0) is 22.4. The topological polar surface area (TPSA) is 67.4 Å². The van der Waals surface area contributed by atoms with E-state index < -0.39 is 0 Å². The lowest BCUT2D eigenvalue weighted by atomic mass is 9.99. The van der Waals surface area contributed by atoms with E-state index in [1.807, 2.05) is 6.92 Å². The number of methoxy groups -OCH3 is 1. The van der Waals surface area contributed by atoms with Gasteiger partial charge in [0.2, 0.25) is 0 Å². The highest BCUT2D eigenvalue weighted by Crippen LogP contribution is 2.29. The molecule has 0 fully saturated rings. The van der Waals surface area contributed by atoms with Gasteiger partial charge < -0.3 is 15.4 Å². The first-order valence-corrected chi connectivity index (χ1v) is 10.1. The van der Waals surface area contributed by atoms with Gasteiger partial charge in [-0.05, 0) is 67.1 Å². The second kappa shape index (κ2) is 10.1. The highest BCUT2D eigenvalue weighted by Gasteiger charge is 2.20. The molecular weight excluding hydrogens is 419 g/mol. The van der Waals surface area contributed by atoms with Crippen LogP contribution in [0.2, 0.25) is 5.02 Å². The number of ketones is 1. The average molecular weight is 441 g/mol. The van der Waals surface area contributed by atoms with E-state index >= 15 is 0 Å². The van der Waals surface area contributed by atoms with Crippen molar-refractivity contribution >= 4 is 34.7 Å². The van der Waals surface area contributed by atoms with Gasteiger partial charge in [-0.1, -0.05) is 18.5 Å². The molecule has 31 heavy (non-hydrogen) atoms. The van der Waals surface area contributed by atoms with E-state index in [4.69, 9.17) is 16.3 Å². The van der Waals surface area contributed by atoms with E-state index in [9.17, 15) is 14.0 Å². The Balaban J connectivity index is 1.87. The summed E-state index contributed by atoms with van der Waals surface area (Å²) in [5.41, 5.74) is 2.21. The van der Waals surface area contributed by atoms with Crippen LogP contribution in [0.4, 0.5) is 15.8 Å². The first kappa shape index (κ1) is 22.3. The number of anilines is 2. The summed E-state index contributed by atoms with van der Waals surface area (Å²) < 4.78 is 18.4. The van der Waals surface area contributed by atoms with Crippen LogP contribution in [-0.4, -0.2) is 25.3 Å². The fraction of sp³-hybridized carbons (Fsp3) is 0.167. The fourth-order valence-corrected chi connectivity index (χ4v) is 3.26. The molecular formula is C24H22ClFN2O3. The van der Waals surface area contributed by atoms with Crippen LogP contribution < -0.4 is 15.4 Å². The third kappa shape index (κ3) is 5.41. The molecule has 0 saturated carbocycles. The average Bonchev–Trinajstić information content (AvgIpc) is 2.78. The zero-order valence-electron chi connectivity index (χ0n) is 17.2. The molecule has 3 aromatic carbocycles. The smallest absolute Gasteiger partial charge is 0.251 e. The molecule has 0 heterocycles. The van der Waals surface area contributed by atoms with Crippen molar-refractivity contribution in [2.75, 3.05) is 19.0 Å². The fourth-order valence-electron chi connectivity index (χ4n) is 2.99. The van der Waals surface area contributed by atoms with E-state index in [-0.39, 0.29) is 33.7 Å². The van der Waals surface area contributed by atoms with Gasteiger partial charge >= 0.3 is 0 Å². The predicted octanol–water partition coefficient (Wildman–Crippen LogP) is 5.60. The zero-order valence-corrected chi connectivity index (χ0v) is 17.9. The van der Waals surface area contributed by atoms with Crippen molar-refractivity contribution in [3.8, 4) is 5.75 Å².